The quantitative estimate of drug-likeness (QED) is 0.0118. The minimum Gasteiger partial charge on any atom is -0.465 e. The van der Waals surface area contributed by atoms with Crippen LogP contribution in [-0.2, 0) is 118 Å². The summed E-state index contributed by atoms with van der Waals surface area (Å²) in [6.45, 7) is 34.7. The monoisotopic (exact) mass is 2000 g/mol. The van der Waals surface area contributed by atoms with Crippen molar-refractivity contribution < 1.29 is 114 Å². The Hall–Kier alpha value is -8.94. The summed E-state index contributed by atoms with van der Waals surface area (Å²) in [5.74, 6) is -5.04. The summed E-state index contributed by atoms with van der Waals surface area (Å²) in [4.78, 5) is 166. The highest BCUT2D eigenvalue weighted by atomic mass is 32.2. The van der Waals surface area contributed by atoms with Gasteiger partial charge in [-0.1, -0.05) is 156 Å². The molecule has 0 aromatic heterocycles. The van der Waals surface area contributed by atoms with E-state index in [1.807, 2.05) is 133 Å². The average molecular weight is 2000 g/mol. The number of thioether (sulfide) groups is 7. The van der Waals surface area contributed by atoms with Crippen LogP contribution in [0.4, 0.5) is 21.0 Å². The smallest absolute Gasteiger partial charge is 0.411 e. The Balaban J connectivity index is 0.000000440. The summed E-state index contributed by atoms with van der Waals surface area (Å²) in [5, 5.41) is 5.48. The fraction of sp³-hybridized carbons (Fsp3) is 0.459. The van der Waals surface area contributed by atoms with Gasteiger partial charge in [-0.2, -0.15) is 0 Å². The first-order valence-corrected chi connectivity index (χ1v) is 51.6. The molecule has 0 bridgehead atoms. The molecule has 726 valence electrons. The first-order chi connectivity index (χ1) is 63.1. The van der Waals surface area contributed by atoms with E-state index < -0.39 is 59.3 Å². The highest BCUT2D eigenvalue weighted by molar-refractivity contribution is 8.14. The zero-order valence-electron chi connectivity index (χ0n) is 78.3. The Morgan fingerprint density at radius 3 is 1.13 bits per heavy atom. The predicted octanol–water partition coefficient (Wildman–Crippen LogP) is 21.6. The van der Waals surface area contributed by atoms with Gasteiger partial charge in [0, 0.05) is 102 Å². The molecule has 0 aliphatic carbocycles. The van der Waals surface area contributed by atoms with E-state index in [4.69, 9.17) is 52.1 Å². The number of rotatable bonds is 53. The van der Waals surface area contributed by atoms with Crippen LogP contribution >= 0.6 is 106 Å². The van der Waals surface area contributed by atoms with Gasteiger partial charge in [-0.3, -0.25) is 53.3 Å². The number of hydrogen-bond acceptors (Lipinski definition) is 33. The van der Waals surface area contributed by atoms with Crippen molar-refractivity contribution in [1.29, 1.82) is 0 Å². The third-order valence-corrected chi connectivity index (χ3v) is 26.1. The van der Waals surface area contributed by atoms with Gasteiger partial charge < -0.3 is 57.4 Å². The fourth-order valence-corrected chi connectivity index (χ4v) is 17.6. The molecule has 0 heterocycles. The zero-order valence-corrected chi connectivity index (χ0v) is 85.7. The summed E-state index contributed by atoms with van der Waals surface area (Å²) >= 11 is 12.9. The van der Waals surface area contributed by atoms with Gasteiger partial charge >= 0.3 is 65.8 Å². The Morgan fingerprint density at radius 1 is 0.368 bits per heavy atom. The topological polar surface area (TPSA) is 347 Å². The molecule has 0 unspecified atom stereocenters. The zero-order chi connectivity index (χ0) is 98.2. The lowest BCUT2D eigenvalue weighted by atomic mass is 9.88. The van der Waals surface area contributed by atoms with E-state index in [2.05, 4.69) is 126 Å². The minimum absolute atomic E-state index is 0.000436. The lowest BCUT2D eigenvalue weighted by Gasteiger charge is -2.31. The van der Waals surface area contributed by atoms with Crippen molar-refractivity contribution in [2.24, 2.45) is 10.8 Å². The van der Waals surface area contributed by atoms with Crippen molar-refractivity contribution >= 4 is 193 Å². The number of carbonyl (C=O) groups is 13. The van der Waals surface area contributed by atoms with Gasteiger partial charge in [0.15, 0.2) is 5.12 Å². The molecule has 133 heavy (non-hydrogen) atoms. The van der Waals surface area contributed by atoms with Gasteiger partial charge in [-0.05, 0) is 188 Å². The van der Waals surface area contributed by atoms with Crippen LogP contribution in [0.1, 0.15) is 157 Å². The number of hydrogen-bond donors (Lipinski definition) is 2. The second-order valence-electron chi connectivity index (χ2n) is 32.6. The molecule has 2 N–H and O–H groups in total. The molecule has 0 aliphatic rings. The lowest BCUT2D eigenvalue weighted by Crippen LogP contribution is -2.39. The largest absolute Gasteiger partial charge is 0.465 e. The van der Waals surface area contributed by atoms with Crippen molar-refractivity contribution in [3.8, 4) is 0 Å². The molecule has 6 rings (SSSR count). The SMILES string of the molecule is C=CC(=O)OCCOC(=O)CCSCC(=O)OCC(CC)(COC(=O)CSCCC(=O)OCCOC(=O)C=C)COC(=O)CSCCC(=O)OCCOC(=O)CCC(C)(C)C.CCCOC(=O)Cc1ccc(C)c(CC(=O)Sc2ccc(Sc3ccc(SC(C)(C)C)cc3)cc2)c1.CCCOC(=O)Nc1ccc(C)c(NC(=O)Sc2ccc(Sc3ccc(SC(C)(C)C)cc3)cc2)c1. The number of anilines is 2. The van der Waals surface area contributed by atoms with Crippen LogP contribution in [0, 0.1) is 24.7 Å². The predicted molar refractivity (Wildman–Crippen MR) is 534 cm³/mol. The molecule has 6 aromatic rings. The number of aryl methyl sites for hydroxylation is 2. The molecule has 0 saturated carbocycles. The number of amides is 2. The van der Waals surface area contributed by atoms with Crippen LogP contribution in [-0.4, -0.2) is 193 Å². The molecule has 2 amide bonds. The van der Waals surface area contributed by atoms with Crippen LogP contribution in [0.3, 0.4) is 0 Å². The second kappa shape index (κ2) is 64.1. The van der Waals surface area contributed by atoms with Gasteiger partial charge in [0.1, 0.15) is 59.5 Å². The van der Waals surface area contributed by atoms with Crippen LogP contribution in [0.2, 0.25) is 0 Å². The normalized spacial score (nSPS) is 11.1. The summed E-state index contributed by atoms with van der Waals surface area (Å²) in [7, 11) is 0. The summed E-state index contributed by atoms with van der Waals surface area (Å²) < 4.78 is 56.6. The van der Waals surface area contributed by atoms with Gasteiger partial charge in [0.25, 0.3) is 5.24 Å². The van der Waals surface area contributed by atoms with E-state index in [0.29, 0.717) is 37.4 Å². The summed E-state index contributed by atoms with van der Waals surface area (Å²) in [6, 6.07) is 44.5. The molecule has 6 aromatic carbocycles. The van der Waals surface area contributed by atoms with Crippen molar-refractivity contribution in [3.63, 3.8) is 0 Å². The number of nitrogens with one attached hydrogen (secondary N) is 2. The first-order valence-electron chi connectivity index (χ1n) is 43.2. The van der Waals surface area contributed by atoms with Crippen LogP contribution in [0.25, 0.3) is 0 Å². The fourth-order valence-electron chi connectivity index (χ4n) is 10.5. The Kier molecular flexibility index (Phi) is 56.1. The molecule has 0 atom stereocenters. The number of benzene rings is 6. The maximum atomic E-state index is 12.8. The number of ether oxygens (including phenoxy) is 11. The molecule has 26 nitrogen and oxygen atoms in total. The standard InChI is InChI=1S/C40H60O18S3.C30H34O3S3.C28H32N2O3S3/c1-7-30(41)50-15-17-53-33(44)11-21-59-24-36(47)56-27-40(9-3,28-57-37(48)25-60-22-12-34(45)54-18-16-51-31(42)8-2)29-58-38(49)26-61-23-13-35(46)55-20-19-52-32(43)10-14-39(4,5)6;1-6-17-33-28(31)19-22-8-7-21(2)23(18-22)20-29(32)35-26-11-9-24(10-12-26)34-25-13-15-27(16-14-25)36-30(3,4)5;1-6-17-33-26(31)29-20-8-7-19(2)25(18-20)30-27(32)35-23-11-9-21(10-12-23)34-22-13-15-24(16-14-22)36-28(3,4)5/h7-8H,1-2,9-29H2,3-6H3;7-16,18H,6,17,19-20H2,1-5H3;7-16,18H,6,17H2,1-5H3,(H,29,31)(H,30,32). The van der Waals surface area contributed by atoms with E-state index in [9.17, 15) is 62.3 Å². The average Bonchev–Trinajstić information content (AvgIpc) is 0.821. The summed E-state index contributed by atoms with van der Waals surface area (Å²) in [6.07, 6.45) is 4.73. The summed E-state index contributed by atoms with van der Waals surface area (Å²) in [5.41, 5.74) is 3.85. The van der Waals surface area contributed by atoms with Crippen LogP contribution in [0.15, 0.2) is 198 Å². The number of carbonyl (C=O) groups excluding carboxylic acids is 13. The third-order valence-electron chi connectivity index (χ3n) is 17.4. The van der Waals surface area contributed by atoms with E-state index >= 15 is 0 Å². The Morgan fingerprint density at radius 2 is 0.737 bits per heavy atom. The highest BCUT2D eigenvalue weighted by Gasteiger charge is 2.35. The molecule has 0 radical (unpaired) electrons. The molecule has 0 spiro atoms. The first kappa shape index (κ1) is 116. The van der Waals surface area contributed by atoms with Crippen molar-refractivity contribution in [2.45, 2.75) is 210 Å². The van der Waals surface area contributed by atoms with E-state index in [1.165, 1.54) is 31.3 Å². The van der Waals surface area contributed by atoms with Crippen LogP contribution in [0.5, 0.6) is 0 Å². The Bertz CT molecular complexity index is 4450. The molecular weight excluding hydrogens is 1880 g/mol. The van der Waals surface area contributed by atoms with E-state index in [-0.39, 0.29) is 170 Å². The highest BCUT2D eigenvalue weighted by Crippen LogP contribution is 2.38. The maximum Gasteiger partial charge on any atom is 0.411 e. The van der Waals surface area contributed by atoms with Crippen LogP contribution < -0.4 is 10.6 Å². The maximum absolute atomic E-state index is 12.8. The van der Waals surface area contributed by atoms with Gasteiger partial charge in [-0.25, -0.2) is 14.4 Å². The lowest BCUT2D eigenvalue weighted by molar-refractivity contribution is -0.159. The minimum atomic E-state index is -1.13. The van der Waals surface area contributed by atoms with E-state index in [1.54, 1.807) is 42.6 Å². The van der Waals surface area contributed by atoms with Crippen molar-refractivity contribution in [2.75, 3.05) is 118 Å². The van der Waals surface area contributed by atoms with Gasteiger partial charge in [0.2, 0.25) is 0 Å². The number of esters is 10. The Labute approximate surface area is 821 Å². The molecule has 0 fully saturated rings. The third kappa shape index (κ3) is 55.6. The van der Waals surface area contributed by atoms with E-state index in [0.717, 1.165) is 114 Å². The molecule has 35 heteroatoms. The second-order valence-corrected chi connectivity index (χ2v) is 44.1. The van der Waals surface area contributed by atoms with Crippen molar-refractivity contribution in [3.05, 3.63) is 181 Å². The molecule has 0 saturated heterocycles. The van der Waals surface area contributed by atoms with Gasteiger partial charge in [-0.15, -0.1) is 58.8 Å². The molecular formula is C98H126N2O24S9. The van der Waals surface area contributed by atoms with Crippen molar-refractivity contribution in [1.82, 2.24) is 0 Å². The van der Waals surface area contributed by atoms with Gasteiger partial charge in [0.05, 0.1) is 61.6 Å². The molecule has 0 aliphatic heterocycles.